The molecule has 102 valence electrons. The van der Waals surface area contributed by atoms with Gasteiger partial charge in [-0.25, -0.2) is 5.84 Å². The zero-order valence-corrected chi connectivity index (χ0v) is 10.7. The summed E-state index contributed by atoms with van der Waals surface area (Å²) in [6.45, 7) is 3.48. The topological polar surface area (TPSA) is 106 Å². The molecule has 0 saturated carbocycles. The van der Waals surface area contributed by atoms with Gasteiger partial charge in [-0.3, -0.25) is 24.7 Å². The normalized spacial score (nSPS) is 17.9. The highest BCUT2D eigenvalue weighted by molar-refractivity contribution is 6.05. The average Bonchev–Trinajstić information content (AvgIpc) is 2.88. The second-order valence-corrected chi connectivity index (χ2v) is 5.09. The molecule has 1 aliphatic rings. The summed E-state index contributed by atoms with van der Waals surface area (Å²) >= 11 is 0. The Labute approximate surface area is 109 Å². The fourth-order valence-corrected chi connectivity index (χ4v) is 2.00. The number of nitrogens with one attached hydrogen (secondary N) is 1. The van der Waals surface area contributed by atoms with E-state index in [2.05, 4.69) is 0 Å². The van der Waals surface area contributed by atoms with Crippen molar-refractivity contribution in [2.24, 2.45) is 11.3 Å². The summed E-state index contributed by atoms with van der Waals surface area (Å²) in [4.78, 5) is 36.1. The fraction of sp³-hybridized carbons (Fsp3) is 0.417. The Bertz CT molecular complexity index is 547. The van der Waals surface area contributed by atoms with Gasteiger partial charge < -0.3 is 4.42 Å². The van der Waals surface area contributed by atoms with Crippen molar-refractivity contribution in [1.82, 2.24) is 10.3 Å². The van der Waals surface area contributed by atoms with Crippen LogP contribution in [0, 0.1) is 5.41 Å². The van der Waals surface area contributed by atoms with Crippen molar-refractivity contribution < 1.29 is 18.8 Å². The molecule has 2 heterocycles. The predicted molar refractivity (Wildman–Crippen MR) is 64.3 cm³/mol. The van der Waals surface area contributed by atoms with E-state index < -0.39 is 11.3 Å². The maximum atomic E-state index is 12.0. The molecule has 19 heavy (non-hydrogen) atoms. The molecule has 1 fully saturated rings. The van der Waals surface area contributed by atoms with Crippen molar-refractivity contribution >= 4 is 17.7 Å². The van der Waals surface area contributed by atoms with Crippen molar-refractivity contribution in [3.63, 3.8) is 0 Å². The van der Waals surface area contributed by atoms with Crippen molar-refractivity contribution in [2.75, 3.05) is 0 Å². The molecule has 0 spiro atoms. The van der Waals surface area contributed by atoms with Crippen molar-refractivity contribution in [3.8, 4) is 0 Å². The average molecular weight is 265 g/mol. The van der Waals surface area contributed by atoms with Gasteiger partial charge in [0.05, 0.1) is 12.0 Å². The maximum Gasteiger partial charge on any atom is 0.300 e. The highest BCUT2D eigenvalue weighted by Gasteiger charge is 2.44. The minimum absolute atomic E-state index is 0.0267. The molecule has 3 amide bonds. The highest BCUT2D eigenvalue weighted by Crippen LogP contribution is 2.32. The molecular weight excluding hydrogens is 250 g/mol. The zero-order chi connectivity index (χ0) is 14.2. The number of hydrogen-bond acceptors (Lipinski definition) is 5. The molecule has 2 rings (SSSR count). The molecule has 1 aromatic heterocycles. The molecule has 0 aliphatic carbocycles. The lowest BCUT2D eigenvalue weighted by atomic mass is 9.92. The molecule has 3 N–H and O–H groups in total. The third-order valence-electron chi connectivity index (χ3n) is 3.05. The van der Waals surface area contributed by atoms with Crippen molar-refractivity contribution in [3.05, 3.63) is 23.7 Å². The molecule has 1 saturated heterocycles. The molecule has 0 bridgehead atoms. The minimum Gasteiger partial charge on any atom is -0.454 e. The molecule has 7 nitrogen and oxygen atoms in total. The highest BCUT2D eigenvalue weighted by atomic mass is 16.4. The van der Waals surface area contributed by atoms with Crippen LogP contribution in [0.4, 0.5) is 0 Å². The summed E-state index contributed by atoms with van der Waals surface area (Å²) in [6, 6.07) is 2.98. The number of furan rings is 1. The Morgan fingerprint density at radius 2 is 2.16 bits per heavy atom. The first-order valence-corrected chi connectivity index (χ1v) is 5.79. The summed E-state index contributed by atoms with van der Waals surface area (Å²) < 4.78 is 5.22. The summed E-state index contributed by atoms with van der Waals surface area (Å²) in [5.74, 6) is 4.33. The van der Waals surface area contributed by atoms with Crippen LogP contribution >= 0.6 is 0 Å². The Balaban J connectivity index is 2.14. The van der Waals surface area contributed by atoms with Crippen LogP contribution in [-0.2, 0) is 16.1 Å². The van der Waals surface area contributed by atoms with E-state index in [-0.39, 0.29) is 30.5 Å². The Hall–Kier alpha value is -2.15. The molecular formula is C12H15N3O4. The number of nitrogens with two attached hydrogens (primary N) is 1. The number of hydrogen-bond donors (Lipinski definition) is 2. The van der Waals surface area contributed by atoms with Gasteiger partial charge in [-0.2, -0.15) is 0 Å². The lowest BCUT2D eigenvalue weighted by molar-refractivity contribution is -0.141. The van der Waals surface area contributed by atoms with Gasteiger partial charge in [-0.15, -0.1) is 0 Å². The van der Waals surface area contributed by atoms with E-state index in [1.807, 2.05) is 5.43 Å². The number of likely N-dealkylation sites (tertiary alicyclic amines) is 1. The van der Waals surface area contributed by atoms with Crippen LogP contribution in [0.25, 0.3) is 0 Å². The van der Waals surface area contributed by atoms with E-state index in [1.165, 1.54) is 12.1 Å². The van der Waals surface area contributed by atoms with Crippen molar-refractivity contribution in [2.45, 2.75) is 26.8 Å². The van der Waals surface area contributed by atoms with Gasteiger partial charge in [0.25, 0.3) is 0 Å². The third kappa shape index (κ3) is 2.37. The van der Waals surface area contributed by atoms with Gasteiger partial charge in [-0.05, 0) is 12.1 Å². The quantitative estimate of drug-likeness (QED) is 0.351. The van der Waals surface area contributed by atoms with Gasteiger partial charge in [0.2, 0.25) is 11.8 Å². The molecule has 0 aromatic carbocycles. The summed E-state index contributed by atoms with van der Waals surface area (Å²) in [7, 11) is 0. The number of carbonyl (C=O) groups excluding carboxylic acids is 3. The minimum atomic E-state index is -0.679. The fourth-order valence-electron chi connectivity index (χ4n) is 2.00. The van der Waals surface area contributed by atoms with Crippen LogP contribution < -0.4 is 11.3 Å². The van der Waals surface area contributed by atoms with Crippen LogP contribution in [-0.4, -0.2) is 22.6 Å². The summed E-state index contributed by atoms with van der Waals surface area (Å²) in [6.07, 6.45) is 0.183. The second-order valence-electron chi connectivity index (χ2n) is 5.09. The first kappa shape index (κ1) is 13.3. The zero-order valence-electron chi connectivity index (χ0n) is 10.7. The number of nitrogen functional groups attached to an aromatic ring is 1. The Kier molecular flexibility index (Phi) is 3.15. The first-order chi connectivity index (χ1) is 8.85. The maximum absolute atomic E-state index is 12.0. The predicted octanol–water partition coefficient (Wildman–Crippen LogP) is 0.168. The van der Waals surface area contributed by atoms with E-state index in [1.54, 1.807) is 13.8 Å². The van der Waals surface area contributed by atoms with Crippen LogP contribution in [0.3, 0.4) is 0 Å². The molecule has 0 radical (unpaired) electrons. The van der Waals surface area contributed by atoms with Gasteiger partial charge in [-0.1, -0.05) is 13.8 Å². The standard InChI is InChI=1S/C12H15N3O4/c1-12(2)5-9(16)15(11(12)18)6-7-3-4-8(19-7)10(17)14-13/h3-4H,5-6,13H2,1-2H3,(H,14,17). The monoisotopic (exact) mass is 265 g/mol. The Morgan fingerprint density at radius 1 is 1.47 bits per heavy atom. The van der Waals surface area contributed by atoms with E-state index >= 15 is 0 Å². The molecule has 7 heteroatoms. The first-order valence-electron chi connectivity index (χ1n) is 5.79. The Morgan fingerprint density at radius 3 is 2.68 bits per heavy atom. The van der Waals surface area contributed by atoms with E-state index in [0.717, 1.165) is 4.90 Å². The molecule has 0 unspecified atom stereocenters. The van der Waals surface area contributed by atoms with Gasteiger partial charge in [0, 0.05) is 6.42 Å². The summed E-state index contributed by atoms with van der Waals surface area (Å²) in [5, 5.41) is 0. The second kappa shape index (κ2) is 4.51. The smallest absolute Gasteiger partial charge is 0.300 e. The van der Waals surface area contributed by atoms with E-state index in [0.29, 0.717) is 5.76 Å². The van der Waals surface area contributed by atoms with E-state index in [4.69, 9.17) is 10.3 Å². The molecule has 1 aliphatic heterocycles. The van der Waals surface area contributed by atoms with Crippen LogP contribution in [0.15, 0.2) is 16.5 Å². The molecule has 0 atom stereocenters. The summed E-state index contributed by atoms with van der Waals surface area (Å²) in [5.41, 5.74) is 1.26. The largest absolute Gasteiger partial charge is 0.454 e. The van der Waals surface area contributed by atoms with Gasteiger partial charge >= 0.3 is 5.91 Å². The van der Waals surface area contributed by atoms with Crippen LogP contribution in [0.1, 0.15) is 36.6 Å². The number of rotatable bonds is 3. The number of nitrogens with zero attached hydrogens (tertiary/aromatic N) is 1. The molecule has 1 aromatic rings. The van der Waals surface area contributed by atoms with Gasteiger partial charge in [0.1, 0.15) is 5.76 Å². The van der Waals surface area contributed by atoms with Gasteiger partial charge in [0.15, 0.2) is 5.76 Å². The number of hydrazine groups is 1. The van der Waals surface area contributed by atoms with E-state index in [9.17, 15) is 14.4 Å². The lowest BCUT2D eigenvalue weighted by Crippen LogP contribution is -2.32. The number of imide groups is 1. The lowest BCUT2D eigenvalue weighted by Gasteiger charge is -2.16. The third-order valence-corrected chi connectivity index (χ3v) is 3.05. The van der Waals surface area contributed by atoms with Crippen LogP contribution in [0.5, 0.6) is 0 Å². The number of amides is 3. The van der Waals surface area contributed by atoms with Crippen molar-refractivity contribution in [1.29, 1.82) is 0 Å². The van der Waals surface area contributed by atoms with Crippen LogP contribution in [0.2, 0.25) is 0 Å². The number of carbonyl (C=O) groups is 3. The SMILES string of the molecule is CC1(C)CC(=O)N(Cc2ccc(C(=O)NN)o2)C1=O.